The van der Waals surface area contributed by atoms with Crippen molar-refractivity contribution in [2.75, 3.05) is 10.7 Å². The number of nitrogen functional groups attached to an aromatic ring is 1. The fourth-order valence-corrected chi connectivity index (χ4v) is 2.77. The molecule has 0 spiro atoms. The normalized spacial score (nSPS) is 13.0. The predicted octanol–water partition coefficient (Wildman–Crippen LogP) is 2.95. The Bertz CT molecular complexity index is 639. The van der Waals surface area contributed by atoms with Gasteiger partial charge in [0.1, 0.15) is 17.5 Å². The molecule has 0 bridgehead atoms. The first-order chi connectivity index (χ1) is 10.3. The molecule has 0 amide bonds. The molecule has 5 heteroatoms. The Hall–Kier alpha value is -2.14. The van der Waals surface area contributed by atoms with Gasteiger partial charge in [0.25, 0.3) is 0 Å². The van der Waals surface area contributed by atoms with Gasteiger partial charge >= 0.3 is 0 Å². The topological polar surface area (TPSA) is 75.9 Å². The van der Waals surface area contributed by atoms with E-state index in [9.17, 15) is 0 Å². The third kappa shape index (κ3) is 3.13. The first-order valence-corrected chi connectivity index (χ1v) is 7.52. The van der Waals surface area contributed by atoms with E-state index in [1.165, 1.54) is 30.4 Å². The third-order valence-corrected chi connectivity index (χ3v) is 3.76. The molecule has 0 atom stereocenters. The Balaban J connectivity index is 1.85. The molecule has 110 valence electrons. The molecule has 0 fully saturated rings. The molecule has 4 N–H and O–H groups in total. The summed E-state index contributed by atoms with van der Waals surface area (Å²) in [5.74, 6) is 7.70. The maximum absolute atomic E-state index is 5.48. The molecule has 1 heterocycles. The zero-order valence-corrected chi connectivity index (χ0v) is 12.3. The number of fused-ring (bicyclic) bond motifs is 1. The van der Waals surface area contributed by atoms with E-state index in [4.69, 9.17) is 5.84 Å². The first kappa shape index (κ1) is 13.8. The Morgan fingerprint density at radius 3 is 2.71 bits per heavy atom. The van der Waals surface area contributed by atoms with Crippen molar-refractivity contribution in [2.24, 2.45) is 5.84 Å². The Kier molecular flexibility index (Phi) is 4.01. The highest BCUT2D eigenvalue weighted by atomic mass is 15.3. The van der Waals surface area contributed by atoms with E-state index in [0.717, 1.165) is 30.2 Å². The predicted molar refractivity (Wildman–Crippen MR) is 85.6 cm³/mol. The van der Waals surface area contributed by atoms with Crippen LogP contribution in [0.4, 0.5) is 17.3 Å². The molecule has 1 aliphatic rings. The van der Waals surface area contributed by atoms with Crippen molar-refractivity contribution < 1.29 is 0 Å². The minimum atomic E-state index is 0.636. The van der Waals surface area contributed by atoms with Crippen LogP contribution in [0.5, 0.6) is 0 Å². The van der Waals surface area contributed by atoms with Crippen LogP contribution < -0.4 is 16.6 Å². The largest absolute Gasteiger partial charge is 0.340 e. The smallest absolute Gasteiger partial charge is 0.145 e. The van der Waals surface area contributed by atoms with Crippen molar-refractivity contribution in [1.82, 2.24) is 9.97 Å². The highest BCUT2D eigenvalue weighted by Gasteiger charge is 2.11. The summed E-state index contributed by atoms with van der Waals surface area (Å²) >= 11 is 0. The van der Waals surface area contributed by atoms with Gasteiger partial charge in [0.2, 0.25) is 0 Å². The average molecular weight is 283 g/mol. The number of aryl methyl sites for hydroxylation is 3. The first-order valence-electron chi connectivity index (χ1n) is 7.52. The van der Waals surface area contributed by atoms with Gasteiger partial charge in [-0.15, -0.1) is 0 Å². The highest BCUT2D eigenvalue weighted by Crippen LogP contribution is 2.26. The van der Waals surface area contributed by atoms with Crippen molar-refractivity contribution in [3.63, 3.8) is 0 Å². The van der Waals surface area contributed by atoms with Crippen LogP contribution in [0.15, 0.2) is 24.3 Å². The number of nitrogens with one attached hydrogen (secondary N) is 2. The molecular formula is C16H21N5. The lowest BCUT2D eigenvalue weighted by atomic mass is 10.1. The highest BCUT2D eigenvalue weighted by molar-refractivity contribution is 5.61. The van der Waals surface area contributed by atoms with Crippen molar-refractivity contribution in [2.45, 2.75) is 39.0 Å². The number of rotatable bonds is 5. The zero-order chi connectivity index (χ0) is 14.7. The molecule has 0 unspecified atom stereocenters. The molecule has 2 aromatic rings. The standard InChI is InChI=1S/C16H21N5/c1-2-4-14-19-15(10-16(20-14)21-17)18-13-8-7-11-5-3-6-12(11)9-13/h7-10H,2-6,17H2,1H3,(H2,18,19,20,21). The molecule has 0 radical (unpaired) electrons. The molecule has 1 aliphatic carbocycles. The maximum Gasteiger partial charge on any atom is 0.145 e. The monoisotopic (exact) mass is 283 g/mol. The molecule has 5 nitrogen and oxygen atoms in total. The van der Waals surface area contributed by atoms with Crippen molar-refractivity contribution in [1.29, 1.82) is 0 Å². The van der Waals surface area contributed by atoms with Crippen molar-refractivity contribution >= 4 is 17.3 Å². The zero-order valence-electron chi connectivity index (χ0n) is 12.3. The van der Waals surface area contributed by atoms with Gasteiger partial charge in [0, 0.05) is 18.2 Å². The molecule has 1 aromatic heterocycles. The Morgan fingerprint density at radius 1 is 1.10 bits per heavy atom. The van der Waals surface area contributed by atoms with Crippen LogP contribution in [0, 0.1) is 0 Å². The van der Waals surface area contributed by atoms with E-state index in [1.54, 1.807) is 0 Å². The van der Waals surface area contributed by atoms with Crippen LogP contribution in [0.3, 0.4) is 0 Å². The van der Waals surface area contributed by atoms with Crippen LogP contribution in [-0.4, -0.2) is 9.97 Å². The van der Waals surface area contributed by atoms with Crippen LogP contribution in [-0.2, 0) is 19.3 Å². The van der Waals surface area contributed by atoms with E-state index in [0.29, 0.717) is 5.82 Å². The van der Waals surface area contributed by atoms with Crippen LogP contribution in [0.2, 0.25) is 0 Å². The summed E-state index contributed by atoms with van der Waals surface area (Å²) < 4.78 is 0. The van der Waals surface area contributed by atoms with Gasteiger partial charge in [-0.05, 0) is 48.9 Å². The van der Waals surface area contributed by atoms with Gasteiger partial charge in [0.05, 0.1) is 0 Å². The summed E-state index contributed by atoms with van der Waals surface area (Å²) in [5.41, 5.74) is 6.59. The Morgan fingerprint density at radius 2 is 1.90 bits per heavy atom. The van der Waals surface area contributed by atoms with E-state index in [2.05, 4.69) is 45.8 Å². The molecule has 21 heavy (non-hydrogen) atoms. The third-order valence-electron chi connectivity index (χ3n) is 3.76. The second-order valence-electron chi connectivity index (χ2n) is 5.41. The van der Waals surface area contributed by atoms with Gasteiger partial charge in [-0.25, -0.2) is 15.8 Å². The molecule has 3 rings (SSSR count). The van der Waals surface area contributed by atoms with E-state index >= 15 is 0 Å². The van der Waals surface area contributed by atoms with E-state index < -0.39 is 0 Å². The van der Waals surface area contributed by atoms with Crippen molar-refractivity contribution in [3.05, 3.63) is 41.2 Å². The number of hydrazine groups is 1. The van der Waals surface area contributed by atoms with Crippen molar-refractivity contribution in [3.8, 4) is 0 Å². The van der Waals surface area contributed by atoms with Gasteiger partial charge in [-0.3, -0.25) is 0 Å². The summed E-state index contributed by atoms with van der Waals surface area (Å²) in [7, 11) is 0. The summed E-state index contributed by atoms with van der Waals surface area (Å²) in [6, 6.07) is 8.37. The second-order valence-corrected chi connectivity index (χ2v) is 5.41. The summed E-state index contributed by atoms with van der Waals surface area (Å²) in [5, 5.41) is 3.36. The lowest BCUT2D eigenvalue weighted by molar-refractivity contribution is 0.837. The lowest BCUT2D eigenvalue weighted by Crippen LogP contribution is -2.11. The number of benzene rings is 1. The minimum Gasteiger partial charge on any atom is -0.340 e. The van der Waals surface area contributed by atoms with Crippen LogP contribution in [0.25, 0.3) is 0 Å². The molecule has 0 saturated heterocycles. The second kappa shape index (κ2) is 6.10. The van der Waals surface area contributed by atoms with E-state index in [1.807, 2.05) is 6.07 Å². The number of hydrogen-bond donors (Lipinski definition) is 3. The average Bonchev–Trinajstić information content (AvgIpc) is 2.95. The van der Waals surface area contributed by atoms with Crippen LogP contribution >= 0.6 is 0 Å². The SMILES string of the molecule is CCCc1nc(NN)cc(Nc2ccc3c(c2)CCC3)n1. The number of nitrogens with zero attached hydrogens (tertiary/aromatic N) is 2. The number of aromatic nitrogens is 2. The fourth-order valence-electron chi connectivity index (χ4n) is 2.77. The van der Waals surface area contributed by atoms with Gasteiger partial charge < -0.3 is 10.7 Å². The lowest BCUT2D eigenvalue weighted by Gasteiger charge is -2.10. The molecular weight excluding hydrogens is 262 g/mol. The van der Waals surface area contributed by atoms with E-state index in [-0.39, 0.29) is 0 Å². The molecule has 0 saturated carbocycles. The van der Waals surface area contributed by atoms with Gasteiger partial charge in [-0.2, -0.15) is 0 Å². The summed E-state index contributed by atoms with van der Waals surface area (Å²) in [6.07, 6.45) is 5.48. The Labute approximate surface area is 125 Å². The summed E-state index contributed by atoms with van der Waals surface area (Å²) in [4.78, 5) is 8.90. The van der Waals surface area contributed by atoms with Gasteiger partial charge in [-0.1, -0.05) is 13.0 Å². The van der Waals surface area contributed by atoms with Gasteiger partial charge in [0.15, 0.2) is 0 Å². The molecule has 0 aliphatic heterocycles. The summed E-state index contributed by atoms with van der Waals surface area (Å²) in [6.45, 7) is 2.11. The quantitative estimate of drug-likeness (QED) is 0.581. The number of anilines is 3. The molecule has 1 aromatic carbocycles. The number of nitrogens with two attached hydrogens (primary N) is 1. The minimum absolute atomic E-state index is 0.636. The number of hydrogen-bond acceptors (Lipinski definition) is 5. The fraction of sp³-hybridized carbons (Fsp3) is 0.375. The van der Waals surface area contributed by atoms with Crippen LogP contribution in [0.1, 0.15) is 36.7 Å². The maximum atomic E-state index is 5.48.